The van der Waals surface area contributed by atoms with Gasteiger partial charge in [0.15, 0.2) is 0 Å². The average molecular weight is 371 g/mol. The highest BCUT2D eigenvalue weighted by atomic mass is 35.5. The number of sulfonamides is 1. The predicted octanol–water partition coefficient (Wildman–Crippen LogP) is 3.61. The van der Waals surface area contributed by atoms with Crippen LogP contribution in [0, 0.1) is 5.92 Å². The van der Waals surface area contributed by atoms with E-state index in [1.165, 1.54) is 12.8 Å². The number of piperidine rings is 1. The first kappa shape index (κ1) is 18.2. The van der Waals surface area contributed by atoms with E-state index in [9.17, 15) is 8.42 Å². The Labute approximate surface area is 150 Å². The number of rotatable bonds is 4. The Hall–Kier alpha value is -0.620. The number of benzene rings is 1. The molecule has 0 amide bonds. The molecule has 4 nitrogen and oxygen atoms in total. The Morgan fingerprint density at radius 2 is 1.71 bits per heavy atom. The van der Waals surface area contributed by atoms with Gasteiger partial charge in [0.2, 0.25) is 10.0 Å². The van der Waals surface area contributed by atoms with Crippen molar-refractivity contribution in [2.45, 2.75) is 56.0 Å². The van der Waals surface area contributed by atoms with Gasteiger partial charge in [0, 0.05) is 24.2 Å². The lowest BCUT2D eigenvalue weighted by Gasteiger charge is -2.35. The van der Waals surface area contributed by atoms with E-state index in [0.717, 1.165) is 38.3 Å². The van der Waals surface area contributed by atoms with Crippen molar-refractivity contribution in [3.8, 4) is 0 Å². The molecule has 134 valence electrons. The van der Waals surface area contributed by atoms with Gasteiger partial charge in [-0.1, -0.05) is 18.5 Å². The quantitative estimate of drug-likeness (QED) is 0.812. The summed E-state index contributed by atoms with van der Waals surface area (Å²) in [4.78, 5) is 2.90. The van der Waals surface area contributed by atoms with Crippen LogP contribution in [0.2, 0.25) is 5.02 Å². The maximum absolute atomic E-state index is 12.8. The van der Waals surface area contributed by atoms with Gasteiger partial charge in [-0.15, -0.1) is 0 Å². The van der Waals surface area contributed by atoms with Gasteiger partial charge in [-0.25, -0.2) is 8.42 Å². The normalized spacial score (nSPS) is 27.0. The van der Waals surface area contributed by atoms with E-state index in [4.69, 9.17) is 11.6 Å². The van der Waals surface area contributed by atoms with E-state index in [0.29, 0.717) is 16.0 Å². The molecule has 1 heterocycles. The zero-order chi connectivity index (χ0) is 17.3. The van der Waals surface area contributed by atoms with Crippen LogP contribution in [0.1, 0.15) is 39.0 Å². The van der Waals surface area contributed by atoms with Gasteiger partial charge in [-0.2, -0.15) is 4.31 Å². The average Bonchev–Trinajstić information content (AvgIpc) is 3.05. The summed E-state index contributed by atoms with van der Waals surface area (Å²) < 4.78 is 27.2. The zero-order valence-corrected chi connectivity index (χ0v) is 16.1. The molecule has 1 saturated carbocycles. The van der Waals surface area contributed by atoms with E-state index in [1.807, 2.05) is 0 Å². The molecular weight excluding hydrogens is 344 g/mol. The SMILES string of the molecule is CC1CCN([C@@H]2CC[C@H](N(C)S(=O)(=O)c3ccc(Cl)cc3)C2)CC1. The van der Waals surface area contributed by atoms with Crippen molar-refractivity contribution in [1.29, 1.82) is 0 Å². The summed E-state index contributed by atoms with van der Waals surface area (Å²) in [7, 11) is -1.73. The van der Waals surface area contributed by atoms with Gasteiger partial charge in [0.1, 0.15) is 0 Å². The van der Waals surface area contributed by atoms with Crippen molar-refractivity contribution in [3.05, 3.63) is 29.3 Å². The molecule has 0 aromatic heterocycles. The fourth-order valence-corrected chi connectivity index (χ4v) is 5.48. The molecule has 0 spiro atoms. The molecule has 1 aliphatic carbocycles. The Morgan fingerprint density at radius 1 is 1.08 bits per heavy atom. The number of nitrogens with zero attached hydrogens (tertiary/aromatic N) is 2. The van der Waals surface area contributed by atoms with Crippen LogP contribution in [-0.4, -0.2) is 49.8 Å². The largest absolute Gasteiger partial charge is 0.300 e. The van der Waals surface area contributed by atoms with Crippen LogP contribution in [0.4, 0.5) is 0 Å². The van der Waals surface area contributed by atoms with Crippen molar-refractivity contribution in [2.24, 2.45) is 5.92 Å². The molecule has 6 heteroatoms. The lowest BCUT2D eigenvalue weighted by molar-refractivity contribution is 0.136. The van der Waals surface area contributed by atoms with Crippen molar-refractivity contribution in [3.63, 3.8) is 0 Å². The minimum Gasteiger partial charge on any atom is -0.300 e. The van der Waals surface area contributed by atoms with Crippen LogP contribution in [0.15, 0.2) is 29.2 Å². The van der Waals surface area contributed by atoms with Gasteiger partial charge in [-0.3, -0.25) is 0 Å². The highest BCUT2D eigenvalue weighted by Crippen LogP contribution is 2.32. The minimum atomic E-state index is -3.45. The molecule has 0 N–H and O–H groups in total. The van der Waals surface area contributed by atoms with Crippen LogP contribution >= 0.6 is 11.6 Å². The predicted molar refractivity (Wildman–Crippen MR) is 97.8 cm³/mol. The fourth-order valence-electron chi connectivity index (χ4n) is 3.96. The second-order valence-corrected chi connectivity index (χ2v) is 9.75. The summed E-state index contributed by atoms with van der Waals surface area (Å²) in [5.74, 6) is 0.825. The molecule has 0 bridgehead atoms. The fraction of sp³-hybridized carbons (Fsp3) is 0.667. The second-order valence-electron chi connectivity index (χ2n) is 7.31. The Balaban J connectivity index is 1.65. The van der Waals surface area contributed by atoms with Crippen molar-refractivity contribution < 1.29 is 8.42 Å². The molecule has 2 atom stereocenters. The van der Waals surface area contributed by atoms with E-state index in [2.05, 4.69) is 11.8 Å². The van der Waals surface area contributed by atoms with Crippen LogP contribution in [0.3, 0.4) is 0 Å². The first-order chi connectivity index (χ1) is 11.4. The van der Waals surface area contributed by atoms with Gasteiger partial charge >= 0.3 is 0 Å². The molecule has 3 rings (SSSR count). The van der Waals surface area contributed by atoms with Gasteiger partial charge in [0.25, 0.3) is 0 Å². The maximum atomic E-state index is 12.8. The summed E-state index contributed by atoms with van der Waals surface area (Å²) in [5, 5.41) is 0.553. The summed E-state index contributed by atoms with van der Waals surface area (Å²) in [6, 6.07) is 7.07. The van der Waals surface area contributed by atoms with E-state index < -0.39 is 10.0 Å². The summed E-state index contributed by atoms with van der Waals surface area (Å²) >= 11 is 5.87. The zero-order valence-electron chi connectivity index (χ0n) is 14.5. The third-order valence-electron chi connectivity index (χ3n) is 5.72. The van der Waals surface area contributed by atoms with Crippen LogP contribution in [0.5, 0.6) is 0 Å². The number of halogens is 1. The Morgan fingerprint density at radius 3 is 2.33 bits per heavy atom. The number of likely N-dealkylation sites (tertiary alicyclic amines) is 1. The smallest absolute Gasteiger partial charge is 0.243 e. The topological polar surface area (TPSA) is 40.6 Å². The minimum absolute atomic E-state index is 0.0926. The second kappa shape index (κ2) is 7.32. The summed E-state index contributed by atoms with van der Waals surface area (Å²) in [6.07, 6.45) is 5.51. The Bertz CT molecular complexity index is 654. The van der Waals surface area contributed by atoms with E-state index in [1.54, 1.807) is 35.6 Å². The lowest BCUT2D eigenvalue weighted by atomic mass is 9.97. The molecule has 2 aliphatic rings. The van der Waals surface area contributed by atoms with Crippen molar-refractivity contribution in [1.82, 2.24) is 9.21 Å². The first-order valence-electron chi connectivity index (χ1n) is 8.85. The van der Waals surface area contributed by atoms with Gasteiger partial charge in [-0.05, 0) is 75.4 Å². The maximum Gasteiger partial charge on any atom is 0.243 e. The number of hydrogen-bond acceptors (Lipinski definition) is 3. The lowest BCUT2D eigenvalue weighted by Crippen LogP contribution is -2.41. The Kier molecular flexibility index (Phi) is 5.55. The molecule has 1 aromatic rings. The third kappa shape index (κ3) is 3.79. The molecule has 0 radical (unpaired) electrons. The van der Waals surface area contributed by atoms with E-state index in [-0.39, 0.29) is 6.04 Å². The van der Waals surface area contributed by atoms with Gasteiger partial charge in [0.05, 0.1) is 4.90 Å². The summed E-state index contributed by atoms with van der Waals surface area (Å²) in [6.45, 7) is 4.64. The number of hydrogen-bond donors (Lipinski definition) is 0. The van der Waals surface area contributed by atoms with Gasteiger partial charge < -0.3 is 4.90 Å². The van der Waals surface area contributed by atoms with Crippen molar-refractivity contribution in [2.75, 3.05) is 20.1 Å². The first-order valence-corrected chi connectivity index (χ1v) is 10.7. The summed E-state index contributed by atoms with van der Waals surface area (Å²) in [5.41, 5.74) is 0. The molecule has 2 fully saturated rings. The monoisotopic (exact) mass is 370 g/mol. The van der Waals surface area contributed by atoms with Crippen molar-refractivity contribution >= 4 is 21.6 Å². The standard InChI is InChI=1S/C18H27ClN2O2S/c1-14-9-11-21(12-10-14)17-6-5-16(13-17)20(2)24(22,23)18-7-3-15(19)4-8-18/h3-4,7-8,14,16-17H,5-6,9-13H2,1-2H3/t16-,17+/m0/s1. The van der Waals surface area contributed by atoms with Crippen LogP contribution in [0.25, 0.3) is 0 Å². The highest BCUT2D eigenvalue weighted by molar-refractivity contribution is 7.89. The molecule has 0 unspecified atom stereocenters. The highest BCUT2D eigenvalue weighted by Gasteiger charge is 2.36. The molecule has 1 saturated heterocycles. The van der Waals surface area contributed by atoms with Crippen LogP contribution in [-0.2, 0) is 10.0 Å². The van der Waals surface area contributed by atoms with E-state index >= 15 is 0 Å². The molecule has 1 aromatic carbocycles. The molecule has 24 heavy (non-hydrogen) atoms. The third-order valence-corrected chi connectivity index (χ3v) is 7.89. The molecular formula is C18H27ClN2O2S. The molecule has 1 aliphatic heterocycles. The van der Waals surface area contributed by atoms with Crippen LogP contribution < -0.4 is 0 Å².